The zero-order chi connectivity index (χ0) is 14.2. The molecule has 0 radical (unpaired) electrons. The molecule has 0 spiro atoms. The standard InChI is InChI=1S/C10H18N4O3S2/c1-14(2)19(15,16)8-9(11)13-18-10(8)12-6-4-7(5-6)17-3/h6-7,12H,4-5H2,1-3H3,(H2,11,13). The maximum atomic E-state index is 12.2. The van der Waals surface area contributed by atoms with E-state index in [1.54, 1.807) is 7.11 Å². The molecule has 1 aliphatic rings. The quantitative estimate of drug-likeness (QED) is 0.825. The molecule has 1 aromatic heterocycles. The van der Waals surface area contributed by atoms with Crippen LogP contribution in [0.1, 0.15) is 12.8 Å². The average Bonchev–Trinajstić information content (AvgIpc) is 2.64. The van der Waals surface area contributed by atoms with Crippen molar-refractivity contribution in [3.8, 4) is 0 Å². The van der Waals surface area contributed by atoms with Gasteiger partial charge in [0.25, 0.3) is 0 Å². The molecule has 0 unspecified atom stereocenters. The van der Waals surface area contributed by atoms with Crippen molar-refractivity contribution in [3.05, 3.63) is 0 Å². The van der Waals surface area contributed by atoms with Gasteiger partial charge in [-0.05, 0) is 24.4 Å². The van der Waals surface area contributed by atoms with Crippen LogP contribution in [0.15, 0.2) is 4.90 Å². The summed E-state index contributed by atoms with van der Waals surface area (Å²) in [6, 6.07) is 0.209. The van der Waals surface area contributed by atoms with Gasteiger partial charge < -0.3 is 15.8 Å². The number of aromatic nitrogens is 1. The minimum atomic E-state index is -3.58. The lowest BCUT2D eigenvalue weighted by Crippen LogP contribution is -2.40. The molecule has 0 saturated heterocycles. The number of ether oxygens (including phenoxy) is 1. The van der Waals surface area contributed by atoms with Gasteiger partial charge in [-0.2, -0.15) is 4.37 Å². The molecule has 0 aliphatic heterocycles. The highest BCUT2D eigenvalue weighted by Gasteiger charge is 2.33. The molecule has 0 aromatic carbocycles. The second-order valence-electron chi connectivity index (χ2n) is 4.68. The Bertz CT molecular complexity index is 549. The van der Waals surface area contributed by atoms with E-state index in [9.17, 15) is 8.42 Å². The summed E-state index contributed by atoms with van der Waals surface area (Å²) in [5, 5.41) is 3.69. The van der Waals surface area contributed by atoms with E-state index in [1.807, 2.05) is 0 Å². The maximum Gasteiger partial charge on any atom is 0.249 e. The molecular weight excluding hydrogens is 288 g/mol. The molecule has 1 saturated carbocycles. The van der Waals surface area contributed by atoms with Crippen LogP contribution < -0.4 is 11.1 Å². The first-order valence-electron chi connectivity index (χ1n) is 5.83. The highest BCUT2D eigenvalue weighted by atomic mass is 32.2. The van der Waals surface area contributed by atoms with Crippen LogP contribution in [-0.2, 0) is 14.8 Å². The number of nitrogens with two attached hydrogens (primary N) is 1. The van der Waals surface area contributed by atoms with Gasteiger partial charge in [-0.15, -0.1) is 0 Å². The van der Waals surface area contributed by atoms with E-state index in [2.05, 4.69) is 9.69 Å². The van der Waals surface area contributed by atoms with Gasteiger partial charge in [0.1, 0.15) is 5.00 Å². The number of methoxy groups -OCH3 is 1. The predicted molar refractivity (Wildman–Crippen MR) is 74.8 cm³/mol. The Morgan fingerprint density at radius 2 is 2.11 bits per heavy atom. The summed E-state index contributed by atoms with van der Waals surface area (Å²) in [7, 11) is 1.04. The highest BCUT2D eigenvalue weighted by molar-refractivity contribution is 7.89. The average molecular weight is 306 g/mol. The number of rotatable bonds is 5. The molecule has 1 heterocycles. The summed E-state index contributed by atoms with van der Waals surface area (Å²) in [6.07, 6.45) is 1.96. The Labute approximate surface area is 117 Å². The zero-order valence-corrected chi connectivity index (χ0v) is 12.7. The van der Waals surface area contributed by atoms with Gasteiger partial charge in [0.2, 0.25) is 10.0 Å². The third-order valence-electron chi connectivity index (χ3n) is 3.18. The molecule has 0 atom stereocenters. The van der Waals surface area contributed by atoms with Gasteiger partial charge in [0.05, 0.1) is 6.10 Å². The van der Waals surface area contributed by atoms with Crippen LogP contribution in [0, 0.1) is 0 Å². The van der Waals surface area contributed by atoms with Crippen LogP contribution >= 0.6 is 11.5 Å². The Kier molecular flexibility index (Phi) is 4.00. The normalized spacial score (nSPS) is 23.4. The largest absolute Gasteiger partial charge is 0.382 e. The first kappa shape index (κ1) is 14.5. The van der Waals surface area contributed by atoms with Crippen LogP contribution in [0.3, 0.4) is 0 Å². The highest BCUT2D eigenvalue weighted by Crippen LogP contribution is 2.36. The minimum absolute atomic E-state index is 0.0452. The van der Waals surface area contributed by atoms with E-state index >= 15 is 0 Å². The molecule has 0 bridgehead atoms. The van der Waals surface area contributed by atoms with Crippen molar-refractivity contribution in [2.75, 3.05) is 32.3 Å². The van der Waals surface area contributed by atoms with Crippen molar-refractivity contribution in [2.24, 2.45) is 0 Å². The molecule has 1 aliphatic carbocycles. The third-order valence-corrected chi connectivity index (χ3v) is 5.99. The number of hydrogen-bond donors (Lipinski definition) is 2. The fourth-order valence-corrected chi connectivity index (χ4v) is 4.02. The van der Waals surface area contributed by atoms with Gasteiger partial charge in [0, 0.05) is 27.2 Å². The number of anilines is 2. The predicted octanol–water partition coefficient (Wildman–Crippen LogP) is 0.565. The number of nitrogens with one attached hydrogen (secondary N) is 1. The van der Waals surface area contributed by atoms with Gasteiger partial charge in [-0.25, -0.2) is 12.7 Å². The topological polar surface area (TPSA) is 97.5 Å². The summed E-state index contributed by atoms with van der Waals surface area (Å²) in [4.78, 5) is 0.0726. The van der Waals surface area contributed by atoms with E-state index in [1.165, 1.54) is 14.1 Å². The molecule has 7 nitrogen and oxygen atoms in total. The lowest BCUT2D eigenvalue weighted by molar-refractivity contribution is 0.0329. The Hall–Kier alpha value is -0.900. The van der Waals surface area contributed by atoms with Crippen LogP contribution in [0.2, 0.25) is 0 Å². The first-order valence-corrected chi connectivity index (χ1v) is 8.04. The summed E-state index contributed by atoms with van der Waals surface area (Å²) in [5.41, 5.74) is 5.68. The fourth-order valence-electron chi connectivity index (χ4n) is 1.88. The molecule has 108 valence electrons. The Balaban J connectivity index is 2.20. The van der Waals surface area contributed by atoms with Crippen LogP contribution in [0.4, 0.5) is 10.8 Å². The lowest BCUT2D eigenvalue weighted by atomic mass is 9.89. The second kappa shape index (κ2) is 5.23. The van der Waals surface area contributed by atoms with Crippen molar-refractivity contribution in [3.63, 3.8) is 0 Å². The van der Waals surface area contributed by atoms with Crippen molar-refractivity contribution < 1.29 is 13.2 Å². The molecule has 0 amide bonds. The van der Waals surface area contributed by atoms with Crippen LogP contribution in [0.5, 0.6) is 0 Å². The number of hydrogen-bond acceptors (Lipinski definition) is 7. The minimum Gasteiger partial charge on any atom is -0.382 e. The summed E-state index contributed by atoms with van der Waals surface area (Å²) in [6.45, 7) is 0. The maximum absolute atomic E-state index is 12.2. The van der Waals surface area contributed by atoms with E-state index in [0.29, 0.717) is 5.00 Å². The van der Waals surface area contributed by atoms with Gasteiger partial charge in [-0.3, -0.25) is 0 Å². The van der Waals surface area contributed by atoms with Gasteiger partial charge >= 0.3 is 0 Å². The van der Waals surface area contributed by atoms with Gasteiger partial charge in [-0.1, -0.05) is 0 Å². The van der Waals surface area contributed by atoms with E-state index in [-0.39, 0.29) is 22.9 Å². The molecule has 1 aromatic rings. The monoisotopic (exact) mass is 306 g/mol. The first-order chi connectivity index (χ1) is 8.86. The lowest BCUT2D eigenvalue weighted by Gasteiger charge is -2.35. The third kappa shape index (κ3) is 2.69. The van der Waals surface area contributed by atoms with Crippen LogP contribution in [0.25, 0.3) is 0 Å². The molecule has 3 N–H and O–H groups in total. The summed E-state index contributed by atoms with van der Waals surface area (Å²) < 4.78 is 34.6. The SMILES string of the molecule is COC1CC(Nc2snc(N)c2S(=O)(=O)N(C)C)C1. The Morgan fingerprint density at radius 1 is 1.47 bits per heavy atom. The van der Waals surface area contributed by atoms with Crippen molar-refractivity contribution in [1.82, 2.24) is 8.68 Å². The molecule has 19 heavy (non-hydrogen) atoms. The summed E-state index contributed by atoms with van der Waals surface area (Å²) >= 11 is 1.07. The molecule has 9 heteroatoms. The molecule has 2 rings (SSSR count). The number of sulfonamides is 1. The van der Waals surface area contributed by atoms with E-state index < -0.39 is 10.0 Å². The Morgan fingerprint density at radius 3 is 2.63 bits per heavy atom. The molecular formula is C10H18N4O3S2. The molecule has 1 fully saturated rings. The van der Waals surface area contributed by atoms with E-state index in [4.69, 9.17) is 10.5 Å². The number of nitrogen functional groups attached to an aromatic ring is 1. The number of nitrogens with zero attached hydrogens (tertiary/aromatic N) is 2. The second-order valence-corrected chi connectivity index (χ2v) is 7.55. The van der Waals surface area contributed by atoms with Crippen molar-refractivity contribution in [1.29, 1.82) is 0 Å². The fraction of sp³-hybridized carbons (Fsp3) is 0.700. The van der Waals surface area contributed by atoms with Gasteiger partial charge in [0.15, 0.2) is 10.7 Å². The zero-order valence-electron chi connectivity index (χ0n) is 11.1. The smallest absolute Gasteiger partial charge is 0.249 e. The van der Waals surface area contributed by atoms with E-state index in [0.717, 1.165) is 28.7 Å². The van der Waals surface area contributed by atoms with Crippen molar-refractivity contribution >= 4 is 32.4 Å². The van der Waals surface area contributed by atoms with Crippen molar-refractivity contribution in [2.45, 2.75) is 29.9 Å². The summed E-state index contributed by atoms with van der Waals surface area (Å²) in [5.74, 6) is 0.0452. The van der Waals surface area contributed by atoms with Crippen LogP contribution in [-0.4, -0.2) is 50.4 Å².